The molecule has 0 aliphatic rings. The second-order valence-corrected chi connectivity index (χ2v) is 4.90. The van der Waals surface area contributed by atoms with Crippen LogP contribution >= 0.6 is 0 Å². The Labute approximate surface area is 150 Å². The summed E-state index contributed by atoms with van der Waals surface area (Å²) in [5.41, 5.74) is 0. The predicted molar refractivity (Wildman–Crippen MR) is 70.0 cm³/mol. The first-order valence-electron chi connectivity index (χ1n) is 6.95. The van der Waals surface area contributed by atoms with Gasteiger partial charge in [0, 0.05) is 7.05 Å². The molecule has 0 saturated heterocycles. The minimum absolute atomic E-state index is 0.221. The van der Waals surface area contributed by atoms with Crippen molar-refractivity contribution < 1.29 is 61.9 Å². The van der Waals surface area contributed by atoms with Crippen molar-refractivity contribution in [3.05, 3.63) is 12.7 Å². The van der Waals surface area contributed by atoms with Crippen LogP contribution < -0.4 is 0 Å². The van der Waals surface area contributed by atoms with Gasteiger partial charge in [-0.05, 0) is 6.08 Å². The molecule has 0 saturated carbocycles. The summed E-state index contributed by atoms with van der Waals surface area (Å²) in [4.78, 5) is 10.5. The molecule has 0 atom stereocenters. The molecule has 0 aromatic rings. The van der Waals surface area contributed by atoms with E-state index >= 15 is 0 Å². The molecule has 0 heterocycles. The van der Waals surface area contributed by atoms with Crippen LogP contribution in [0.3, 0.4) is 0 Å². The highest BCUT2D eigenvalue weighted by Crippen LogP contribution is 2.60. The van der Waals surface area contributed by atoms with Crippen LogP contribution in [-0.2, 0) is 4.79 Å². The predicted octanol–water partition coefficient (Wildman–Crippen LogP) is 5.40. The van der Waals surface area contributed by atoms with Crippen LogP contribution in [0.1, 0.15) is 13.8 Å². The van der Waals surface area contributed by atoms with Crippen LogP contribution in [0.4, 0.5) is 57.1 Å². The van der Waals surface area contributed by atoms with Gasteiger partial charge in [-0.25, -0.2) is 0 Å². The molecule has 15 heteroatoms. The van der Waals surface area contributed by atoms with Gasteiger partial charge >= 0.3 is 35.8 Å². The first kappa shape index (κ1) is 28.5. The van der Waals surface area contributed by atoms with Crippen molar-refractivity contribution in [3.63, 3.8) is 0 Å². The third-order valence-electron chi connectivity index (χ3n) is 2.99. The zero-order chi connectivity index (χ0) is 23.6. The largest absolute Gasteiger partial charge is 0.460 e. The minimum atomic E-state index is -7.95. The Kier molecular flexibility index (Phi) is 8.50. The summed E-state index contributed by atoms with van der Waals surface area (Å²) in [5, 5.41) is 0. The molecular weight excluding hydrogens is 433 g/mol. The molecule has 0 unspecified atom stereocenters. The van der Waals surface area contributed by atoms with Gasteiger partial charge in [-0.1, -0.05) is 20.4 Å². The van der Waals surface area contributed by atoms with Crippen molar-refractivity contribution >= 4 is 5.91 Å². The van der Waals surface area contributed by atoms with Crippen molar-refractivity contribution in [2.75, 3.05) is 13.6 Å². The van der Waals surface area contributed by atoms with Crippen LogP contribution in [0, 0.1) is 0 Å². The number of amides is 1. The average molecular weight is 447 g/mol. The standard InChI is InChI=1S/C11H8F13NO.C2H6/c1-3-5(26)25(2)4-6(12,13)7(14,15)8(16,17)9(18,19)10(20,21)11(22,23)24;1-2/h3H,1,4H2,2H3;1-2H3. The first-order chi connectivity index (χ1) is 12.1. The molecule has 0 rings (SSSR count). The van der Waals surface area contributed by atoms with Gasteiger partial charge in [0.15, 0.2) is 0 Å². The maximum Gasteiger partial charge on any atom is 0.460 e. The molecule has 1 amide bonds. The van der Waals surface area contributed by atoms with E-state index in [2.05, 4.69) is 6.58 Å². The van der Waals surface area contributed by atoms with E-state index in [-0.39, 0.29) is 6.08 Å². The molecule has 0 aliphatic carbocycles. The van der Waals surface area contributed by atoms with E-state index in [1.165, 1.54) is 0 Å². The van der Waals surface area contributed by atoms with Gasteiger partial charge < -0.3 is 4.90 Å². The van der Waals surface area contributed by atoms with E-state index < -0.39 is 53.1 Å². The highest BCUT2D eigenvalue weighted by molar-refractivity contribution is 5.86. The molecule has 2 nitrogen and oxygen atoms in total. The molecule has 0 spiro atoms. The smallest absolute Gasteiger partial charge is 0.336 e. The van der Waals surface area contributed by atoms with E-state index in [4.69, 9.17) is 0 Å². The Balaban J connectivity index is 0. The SMILES string of the molecule is C=CC(=O)N(C)CC(F)(F)C(F)(F)C(F)(F)C(F)(F)C(F)(F)C(F)(F)F.CC. The van der Waals surface area contributed by atoms with Crippen molar-refractivity contribution in [3.8, 4) is 0 Å². The second-order valence-electron chi connectivity index (χ2n) is 4.90. The zero-order valence-corrected chi connectivity index (χ0v) is 14.3. The topological polar surface area (TPSA) is 20.3 Å². The second kappa shape index (κ2) is 8.35. The molecule has 0 fully saturated rings. The third-order valence-corrected chi connectivity index (χ3v) is 2.99. The Morgan fingerprint density at radius 1 is 0.750 bits per heavy atom. The van der Waals surface area contributed by atoms with Crippen LogP contribution in [0.15, 0.2) is 12.7 Å². The van der Waals surface area contributed by atoms with Gasteiger partial charge in [0.05, 0.1) is 6.54 Å². The lowest BCUT2D eigenvalue weighted by molar-refractivity contribution is -0.439. The number of rotatable bonds is 7. The molecule has 28 heavy (non-hydrogen) atoms. The van der Waals surface area contributed by atoms with Gasteiger partial charge in [-0.2, -0.15) is 57.1 Å². The molecular formula is C13H14F13NO. The summed E-state index contributed by atoms with van der Waals surface area (Å²) in [6.07, 6.45) is -7.24. The molecule has 0 bridgehead atoms. The normalized spacial score (nSPS) is 14.1. The van der Waals surface area contributed by atoms with Crippen molar-refractivity contribution in [2.24, 2.45) is 0 Å². The first-order valence-corrected chi connectivity index (χ1v) is 6.95. The van der Waals surface area contributed by atoms with Gasteiger partial charge in [-0.15, -0.1) is 0 Å². The molecule has 0 radical (unpaired) electrons. The highest BCUT2D eigenvalue weighted by atomic mass is 19.4. The van der Waals surface area contributed by atoms with Gasteiger partial charge in [0.2, 0.25) is 5.91 Å². The van der Waals surface area contributed by atoms with E-state index in [9.17, 15) is 61.9 Å². The number of carbonyl (C=O) groups excluding carboxylic acids is 1. The van der Waals surface area contributed by atoms with E-state index in [0.717, 1.165) is 0 Å². The van der Waals surface area contributed by atoms with Gasteiger partial charge in [0.1, 0.15) is 0 Å². The maximum atomic E-state index is 13.3. The monoisotopic (exact) mass is 447 g/mol. The minimum Gasteiger partial charge on any atom is -0.336 e. The summed E-state index contributed by atoms with van der Waals surface area (Å²) >= 11 is 0. The average Bonchev–Trinajstić information content (AvgIpc) is 2.53. The van der Waals surface area contributed by atoms with Crippen molar-refractivity contribution in [1.29, 1.82) is 0 Å². The maximum absolute atomic E-state index is 13.3. The number of halogens is 13. The number of alkyl halides is 13. The summed E-state index contributed by atoms with van der Waals surface area (Å²) in [7, 11) is 0.300. The number of likely N-dealkylation sites (N-methyl/N-ethyl adjacent to an activating group) is 1. The van der Waals surface area contributed by atoms with E-state index in [1.54, 1.807) is 0 Å². The van der Waals surface area contributed by atoms with Gasteiger partial charge in [-0.3, -0.25) is 4.79 Å². The summed E-state index contributed by atoms with van der Waals surface area (Å²) in [5.74, 6) is -38.9. The quantitative estimate of drug-likeness (QED) is 0.378. The molecule has 168 valence electrons. The van der Waals surface area contributed by atoms with Crippen molar-refractivity contribution in [2.45, 2.75) is 49.6 Å². The number of nitrogens with zero attached hydrogens (tertiary/aromatic N) is 1. The fourth-order valence-corrected chi connectivity index (χ4v) is 1.43. The Hall–Kier alpha value is -1.70. The van der Waals surface area contributed by atoms with Crippen LogP contribution in [-0.4, -0.2) is 60.2 Å². The fourth-order valence-electron chi connectivity index (χ4n) is 1.43. The lowest BCUT2D eigenvalue weighted by Gasteiger charge is -2.40. The molecule has 0 aromatic heterocycles. The Bertz CT molecular complexity index is 553. The number of hydrogen-bond donors (Lipinski definition) is 0. The van der Waals surface area contributed by atoms with Gasteiger partial charge in [0.25, 0.3) is 0 Å². The Morgan fingerprint density at radius 3 is 1.36 bits per heavy atom. The van der Waals surface area contributed by atoms with Crippen molar-refractivity contribution in [1.82, 2.24) is 4.90 Å². The summed E-state index contributed by atoms with van der Waals surface area (Å²) < 4.78 is 166. The molecule has 0 aromatic carbocycles. The zero-order valence-electron chi connectivity index (χ0n) is 14.3. The number of carbonyl (C=O) groups is 1. The lowest BCUT2D eigenvalue weighted by Crippen LogP contribution is -2.71. The van der Waals surface area contributed by atoms with E-state index in [1.807, 2.05) is 13.8 Å². The summed E-state index contributed by atoms with van der Waals surface area (Å²) in [6.45, 7) is 3.99. The van der Waals surface area contributed by atoms with E-state index in [0.29, 0.717) is 7.05 Å². The fraction of sp³-hybridized carbons (Fsp3) is 0.769. The lowest BCUT2D eigenvalue weighted by atomic mass is 9.93. The number of hydrogen-bond acceptors (Lipinski definition) is 1. The highest BCUT2D eigenvalue weighted by Gasteiger charge is 2.90. The van der Waals surface area contributed by atoms with Crippen LogP contribution in [0.25, 0.3) is 0 Å². The summed E-state index contributed by atoms with van der Waals surface area (Å²) in [6, 6.07) is 0. The van der Waals surface area contributed by atoms with Crippen LogP contribution in [0.2, 0.25) is 0 Å². The molecule has 0 aliphatic heterocycles. The molecule has 0 N–H and O–H groups in total. The third kappa shape index (κ3) is 4.47. The Morgan fingerprint density at radius 2 is 1.07 bits per heavy atom. The van der Waals surface area contributed by atoms with Crippen LogP contribution in [0.5, 0.6) is 0 Å².